The van der Waals surface area contributed by atoms with E-state index >= 15 is 0 Å². The van der Waals surface area contributed by atoms with Crippen molar-refractivity contribution in [3.8, 4) is 17.6 Å². The summed E-state index contributed by atoms with van der Waals surface area (Å²) in [7, 11) is 1.56. The lowest BCUT2D eigenvalue weighted by molar-refractivity contribution is -0.138. The van der Waals surface area contributed by atoms with Crippen LogP contribution in [-0.4, -0.2) is 19.7 Å². The Morgan fingerprint density at radius 2 is 2.00 bits per heavy atom. The van der Waals surface area contributed by atoms with E-state index in [2.05, 4.69) is 6.07 Å². The molecule has 5 heteroatoms. The number of nitrogens with zero attached hydrogens (tertiary/aromatic N) is 1. The van der Waals surface area contributed by atoms with Gasteiger partial charge in [-0.05, 0) is 36.8 Å². The number of hydrogen-bond donors (Lipinski definition) is 0. The van der Waals surface area contributed by atoms with Crippen molar-refractivity contribution in [1.29, 1.82) is 5.26 Å². The van der Waals surface area contributed by atoms with E-state index in [9.17, 15) is 4.79 Å². The topological polar surface area (TPSA) is 68.5 Å². The monoisotopic (exact) mass is 337 g/mol. The van der Waals surface area contributed by atoms with Gasteiger partial charge >= 0.3 is 5.97 Å². The molecule has 0 aliphatic heterocycles. The van der Waals surface area contributed by atoms with Crippen LogP contribution in [0.3, 0.4) is 0 Å². The zero-order valence-electron chi connectivity index (χ0n) is 14.2. The summed E-state index contributed by atoms with van der Waals surface area (Å²) in [6.07, 6.45) is 2.97. The number of rotatable bonds is 7. The Kier molecular flexibility index (Phi) is 6.61. The van der Waals surface area contributed by atoms with E-state index in [4.69, 9.17) is 19.5 Å². The minimum Gasteiger partial charge on any atom is -0.493 e. The fraction of sp³-hybridized carbons (Fsp3) is 0.200. The summed E-state index contributed by atoms with van der Waals surface area (Å²) >= 11 is 0. The van der Waals surface area contributed by atoms with E-state index < -0.39 is 5.97 Å². The summed E-state index contributed by atoms with van der Waals surface area (Å²) in [6.45, 7) is 2.50. The molecule has 0 aliphatic carbocycles. The van der Waals surface area contributed by atoms with Gasteiger partial charge < -0.3 is 14.2 Å². The molecule has 0 N–H and O–H groups in total. The first-order valence-corrected chi connectivity index (χ1v) is 7.81. The average molecular weight is 337 g/mol. The van der Waals surface area contributed by atoms with Gasteiger partial charge in [0.2, 0.25) is 0 Å². The molecular weight excluding hydrogens is 318 g/mol. The smallest absolute Gasteiger partial charge is 0.331 e. The molecule has 5 nitrogen and oxygen atoms in total. The molecule has 2 rings (SSSR count). The quantitative estimate of drug-likeness (QED) is 0.569. The highest BCUT2D eigenvalue weighted by molar-refractivity contribution is 5.87. The molecule has 0 saturated heterocycles. The summed E-state index contributed by atoms with van der Waals surface area (Å²) in [6, 6.07) is 14.5. The van der Waals surface area contributed by atoms with Crippen LogP contribution in [0.15, 0.2) is 48.5 Å². The highest BCUT2D eigenvalue weighted by atomic mass is 16.5. The Hall–Kier alpha value is -3.26. The predicted molar refractivity (Wildman–Crippen MR) is 94.2 cm³/mol. The molecule has 0 fully saturated rings. The molecule has 0 radical (unpaired) electrons. The number of hydrogen-bond acceptors (Lipinski definition) is 5. The molecule has 0 spiro atoms. The highest BCUT2D eigenvalue weighted by Crippen LogP contribution is 2.28. The van der Waals surface area contributed by atoms with Crippen molar-refractivity contribution < 1.29 is 19.0 Å². The van der Waals surface area contributed by atoms with E-state index in [0.29, 0.717) is 29.2 Å². The van der Waals surface area contributed by atoms with E-state index in [0.717, 1.165) is 5.56 Å². The molecule has 2 aromatic carbocycles. The van der Waals surface area contributed by atoms with E-state index in [1.54, 1.807) is 49.6 Å². The van der Waals surface area contributed by atoms with Crippen molar-refractivity contribution in [2.45, 2.75) is 13.5 Å². The second-order valence-electron chi connectivity index (χ2n) is 5.05. The van der Waals surface area contributed by atoms with Crippen LogP contribution in [0.1, 0.15) is 23.6 Å². The van der Waals surface area contributed by atoms with Crippen LogP contribution in [0.25, 0.3) is 6.08 Å². The fourth-order valence-corrected chi connectivity index (χ4v) is 2.18. The van der Waals surface area contributed by atoms with E-state index in [1.807, 2.05) is 13.0 Å². The Bertz CT molecular complexity index is 806. The maximum Gasteiger partial charge on any atom is 0.331 e. The van der Waals surface area contributed by atoms with Crippen molar-refractivity contribution in [3.05, 3.63) is 65.2 Å². The first-order valence-electron chi connectivity index (χ1n) is 7.81. The number of ether oxygens (including phenoxy) is 3. The number of esters is 1. The fourth-order valence-electron chi connectivity index (χ4n) is 2.18. The number of methoxy groups -OCH3 is 1. The van der Waals surface area contributed by atoms with Gasteiger partial charge in [0.25, 0.3) is 0 Å². The Labute approximate surface area is 147 Å². The van der Waals surface area contributed by atoms with E-state index in [1.165, 1.54) is 6.08 Å². The van der Waals surface area contributed by atoms with Gasteiger partial charge in [0.05, 0.1) is 25.3 Å². The van der Waals surface area contributed by atoms with Gasteiger partial charge in [-0.15, -0.1) is 0 Å². The van der Waals surface area contributed by atoms with Crippen LogP contribution < -0.4 is 9.47 Å². The average Bonchev–Trinajstić information content (AvgIpc) is 2.65. The number of nitriles is 1. The molecule has 0 bridgehead atoms. The Balaban J connectivity index is 1.99. The van der Waals surface area contributed by atoms with Crippen LogP contribution in [0.4, 0.5) is 0 Å². The minimum absolute atomic E-state index is 0.0551. The van der Waals surface area contributed by atoms with E-state index in [-0.39, 0.29) is 6.61 Å². The molecule has 0 amide bonds. The minimum atomic E-state index is -0.486. The van der Waals surface area contributed by atoms with Crippen molar-refractivity contribution in [2.24, 2.45) is 0 Å². The largest absolute Gasteiger partial charge is 0.493 e. The van der Waals surface area contributed by atoms with Gasteiger partial charge in [-0.25, -0.2) is 4.79 Å². The van der Waals surface area contributed by atoms with Crippen molar-refractivity contribution in [1.82, 2.24) is 0 Å². The number of benzene rings is 2. The lowest BCUT2D eigenvalue weighted by Crippen LogP contribution is -2.02. The normalized spacial score (nSPS) is 10.3. The number of carbonyl (C=O) groups excluding carboxylic acids is 1. The first kappa shape index (κ1) is 18.1. The highest BCUT2D eigenvalue weighted by Gasteiger charge is 2.06. The third-order valence-corrected chi connectivity index (χ3v) is 3.41. The van der Waals surface area contributed by atoms with Crippen molar-refractivity contribution >= 4 is 12.0 Å². The summed E-state index contributed by atoms with van der Waals surface area (Å²) in [5.74, 6) is 0.763. The maximum absolute atomic E-state index is 11.9. The summed E-state index contributed by atoms with van der Waals surface area (Å²) in [4.78, 5) is 11.9. The standard InChI is InChI=1S/C20H19NO4/c1-3-24-18-10-8-15(12-19(18)23-2)9-11-20(22)25-14-17-7-5-4-6-16(17)13-21/h4-12H,3,14H2,1-2H3/b11-9+. The molecule has 0 unspecified atom stereocenters. The summed E-state index contributed by atoms with van der Waals surface area (Å²) in [5, 5.41) is 9.02. The van der Waals surface area contributed by atoms with Crippen LogP contribution in [0.5, 0.6) is 11.5 Å². The Morgan fingerprint density at radius 1 is 1.20 bits per heavy atom. The second-order valence-corrected chi connectivity index (χ2v) is 5.05. The molecule has 0 saturated carbocycles. The lowest BCUT2D eigenvalue weighted by atomic mass is 10.1. The van der Waals surface area contributed by atoms with Crippen LogP contribution >= 0.6 is 0 Å². The molecule has 2 aromatic rings. The SMILES string of the molecule is CCOc1ccc(/C=C/C(=O)OCc2ccccc2C#N)cc1OC. The zero-order chi connectivity index (χ0) is 18.1. The van der Waals surface area contributed by atoms with Gasteiger partial charge in [-0.2, -0.15) is 5.26 Å². The van der Waals surface area contributed by atoms with Gasteiger partial charge in [-0.3, -0.25) is 0 Å². The third-order valence-electron chi connectivity index (χ3n) is 3.41. The molecule has 0 aromatic heterocycles. The van der Waals surface area contributed by atoms with Crippen LogP contribution in [0, 0.1) is 11.3 Å². The summed E-state index contributed by atoms with van der Waals surface area (Å²) in [5.41, 5.74) is 1.96. The molecule has 128 valence electrons. The molecule has 0 aliphatic rings. The molecule has 0 atom stereocenters. The summed E-state index contributed by atoms with van der Waals surface area (Å²) < 4.78 is 15.9. The maximum atomic E-state index is 11.9. The molecular formula is C20H19NO4. The Morgan fingerprint density at radius 3 is 2.72 bits per heavy atom. The van der Waals surface area contributed by atoms with Crippen molar-refractivity contribution in [3.63, 3.8) is 0 Å². The van der Waals surface area contributed by atoms with Crippen molar-refractivity contribution in [2.75, 3.05) is 13.7 Å². The number of carbonyl (C=O) groups is 1. The lowest BCUT2D eigenvalue weighted by Gasteiger charge is -2.09. The third kappa shape index (κ3) is 5.11. The van der Waals surface area contributed by atoms with Gasteiger partial charge in [0, 0.05) is 11.6 Å². The van der Waals surface area contributed by atoms with Gasteiger partial charge in [0.15, 0.2) is 11.5 Å². The van der Waals surface area contributed by atoms with Crippen LogP contribution in [-0.2, 0) is 16.1 Å². The first-order chi connectivity index (χ1) is 12.2. The second kappa shape index (κ2) is 9.14. The molecule has 25 heavy (non-hydrogen) atoms. The van der Waals surface area contributed by atoms with Gasteiger partial charge in [-0.1, -0.05) is 24.3 Å². The van der Waals surface area contributed by atoms with Crippen LogP contribution in [0.2, 0.25) is 0 Å². The van der Waals surface area contributed by atoms with Gasteiger partial charge in [0.1, 0.15) is 6.61 Å². The zero-order valence-corrected chi connectivity index (χ0v) is 14.2. The molecule has 0 heterocycles. The predicted octanol–water partition coefficient (Wildman–Crippen LogP) is 3.72.